The highest BCUT2D eigenvalue weighted by atomic mass is 14.5. The molecule has 0 heteroatoms. The van der Waals surface area contributed by atoms with Gasteiger partial charge in [-0.3, -0.25) is 0 Å². The lowest BCUT2D eigenvalue weighted by Gasteiger charge is -2.31. The summed E-state index contributed by atoms with van der Waals surface area (Å²) >= 11 is 0. The number of hydrogen-bond acceptors (Lipinski definition) is 0. The zero-order chi connectivity index (χ0) is 68.8. The fourth-order valence-corrected chi connectivity index (χ4v) is 18.9. The van der Waals surface area contributed by atoms with E-state index in [0.717, 1.165) is 0 Å². The average Bonchev–Trinajstić information content (AvgIpc) is 1.50. The molecule has 1 spiro atoms. The van der Waals surface area contributed by atoms with Crippen LogP contribution in [-0.2, 0) is 10.8 Å². The van der Waals surface area contributed by atoms with Gasteiger partial charge in [0.2, 0.25) is 0 Å². The molecule has 0 radical (unpaired) electrons. The van der Waals surface area contributed by atoms with Crippen LogP contribution < -0.4 is 0 Å². The number of rotatable bonds is 6. The van der Waals surface area contributed by atoms with Gasteiger partial charge in [0.25, 0.3) is 0 Å². The Morgan fingerprint density at radius 2 is 0.462 bits per heavy atom. The monoisotopic (exact) mass is 1320 g/mol. The summed E-state index contributed by atoms with van der Waals surface area (Å²) < 4.78 is 0. The molecule has 0 saturated heterocycles. The molecule has 0 saturated carbocycles. The fraction of sp³-hybridized carbons (Fsp3) is 0.0385. The van der Waals surface area contributed by atoms with Gasteiger partial charge in [-0.15, -0.1) is 0 Å². The lowest BCUT2D eigenvalue weighted by molar-refractivity contribution is 0.661. The smallest absolute Gasteiger partial charge is 0.0622 e. The third kappa shape index (κ3) is 8.85. The molecule has 0 amide bonds. The van der Waals surface area contributed by atoms with Crippen molar-refractivity contribution in [2.24, 2.45) is 0 Å². The van der Waals surface area contributed by atoms with Crippen molar-refractivity contribution in [1.29, 1.82) is 0 Å². The summed E-state index contributed by atoms with van der Waals surface area (Å²) in [6.07, 6.45) is 0. The predicted molar refractivity (Wildman–Crippen MR) is 442 cm³/mol. The van der Waals surface area contributed by atoms with Crippen LogP contribution in [0.3, 0.4) is 0 Å². The Bertz CT molecular complexity index is 6630. The van der Waals surface area contributed by atoms with E-state index in [9.17, 15) is 0 Å². The normalized spacial score (nSPS) is 13.2. The maximum atomic E-state index is 2.53. The Morgan fingerprint density at radius 1 is 0.154 bits per heavy atom. The molecule has 19 aromatic rings. The van der Waals surface area contributed by atoms with Crippen molar-refractivity contribution in [2.75, 3.05) is 0 Å². The van der Waals surface area contributed by atoms with Gasteiger partial charge in [-0.05, 0) is 245 Å². The lowest BCUT2D eigenvalue weighted by atomic mass is 9.70. The molecule has 0 atom stereocenters. The van der Waals surface area contributed by atoms with Gasteiger partial charge in [-0.25, -0.2) is 0 Å². The van der Waals surface area contributed by atoms with Gasteiger partial charge < -0.3 is 0 Å². The minimum absolute atomic E-state index is 0.102. The van der Waals surface area contributed by atoms with E-state index in [1.54, 1.807) is 0 Å². The van der Waals surface area contributed by atoms with Crippen LogP contribution in [0.4, 0.5) is 0 Å². The second-order valence-electron chi connectivity index (χ2n) is 29.2. The van der Waals surface area contributed by atoms with Gasteiger partial charge in [0.05, 0.1) is 5.41 Å². The molecule has 104 heavy (non-hydrogen) atoms. The van der Waals surface area contributed by atoms with Crippen LogP contribution in [0.25, 0.3) is 176 Å². The summed E-state index contributed by atoms with van der Waals surface area (Å²) in [4.78, 5) is 0. The molecular weight excluding hydrogens is 1250 g/mol. The van der Waals surface area contributed by atoms with Crippen LogP contribution >= 0.6 is 0 Å². The first-order valence-electron chi connectivity index (χ1n) is 36.5. The molecule has 0 bridgehead atoms. The highest BCUT2D eigenvalue weighted by molar-refractivity contribution is 6.26. The van der Waals surface area contributed by atoms with Crippen LogP contribution in [0.5, 0.6) is 0 Å². The minimum atomic E-state index is -0.389. The van der Waals surface area contributed by atoms with Crippen LogP contribution in [0, 0.1) is 0 Å². The van der Waals surface area contributed by atoms with Crippen molar-refractivity contribution in [3.05, 3.63) is 409 Å². The van der Waals surface area contributed by atoms with Gasteiger partial charge in [0.1, 0.15) is 0 Å². The van der Waals surface area contributed by atoms with E-state index in [2.05, 4.69) is 390 Å². The second-order valence-corrected chi connectivity index (χ2v) is 29.2. The van der Waals surface area contributed by atoms with Crippen LogP contribution in [-0.4, -0.2) is 0 Å². The number of hydrogen-bond donors (Lipinski definition) is 0. The van der Waals surface area contributed by atoms with E-state index in [1.807, 2.05) is 0 Å². The number of fused-ring (bicyclic) bond motifs is 20. The van der Waals surface area contributed by atoms with Crippen molar-refractivity contribution in [3.63, 3.8) is 0 Å². The first-order chi connectivity index (χ1) is 51.4. The summed E-state index contributed by atoms with van der Waals surface area (Å²) in [6.45, 7) is 4.78. The van der Waals surface area contributed by atoms with E-state index in [1.165, 1.54) is 209 Å². The zero-order valence-electron chi connectivity index (χ0n) is 57.8. The summed E-state index contributed by atoms with van der Waals surface area (Å²) in [5, 5.41) is 17.8. The number of benzene rings is 19. The minimum Gasteiger partial charge on any atom is -0.0622 e. The largest absolute Gasteiger partial charge is 0.0725 e. The van der Waals surface area contributed by atoms with Crippen molar-refractivity contribution in [2.45, 2.75) is 24.7 Å². The quantitative estimate of drug-likeness (QED) is 0.146. The van der Waals surface area contributed by atoms with E-state index in [4.69, 9.17) is 0 Å². The lowest BCUT2D eigenvalue weighted by Crippen LogP contribution is -2.25. The third-order valence-corrected chi connectivity index (χ3v) is 23.5. The first-order valence-corrected chi connectivity index (χ1v) is 36.5. The van der Waals surface area contributed by atoms with Crippen molar-refractivity contribution in [3.8, 4) is 100 Å². The molecule has 0 unspecified atom stereocenters. The van der Waals surface area contributed by atoms with E-state index in [0.29, 0.717) is 0 Å². The Labute approximate surface area is 605 Å². The first kappa shape index (κ1) is 59.8. The van der Waals surface area contributed by atoms with Gasteiger partial charge in [-0.1, -0.05) is 354 Å². The van der Waals surface area contributed by atoms with E-state index in [-0.39, 0.29) is 10.8 Å². The predicted octanol–water partition coefficient (Wildman–Crippen LogP) is 28.1. The molecule has 3 aliphatic rings. The molecule has 0 N–H and O–H groups in total. The van der Waals surface area contributed by atoms with Crippen molar-refractivity contribution >= 4 is 75.4 Å². The van der Waals surface area contributed by atoms with Crippen molar-refractivity contribution < 1.29 is 0 Å². The van der Waals surface area contributed by atoms with Gasteiger partial charge in [-0.2, -0.15) is 0 Å². The average molecular weight is 1320 g/mol. The maximum Gasteiger partial charge on any atom is 0.0725 e. The summed E-state index contributed by atoms with van der Waals surface area (Å²) in [5.74, 6) is 0. The van der Waals surface area contributed by atoms with Crippen LogP contribution in [0.1, 0.15) is 47.2 Å². The van der Waals surface area contributed by atoms with Crippen LogP contribution in [0.2, 0.25) is 0 Å². The Balaban J connectivity index is 0.000000135. The van der Waals surface area contributed by atoms with E-state index < -0.39 is 0 Å². The highest BCUT2D eigenvalue weighted by Crippen LogP contribution is 2.64. The SMILES string of the molecule is CC1(C)c2cc(-c3c4ccccc4c(-c4cccc5ccc(-c6ccccc6)cc45)c4ccccc34)ccc2-c2cc3ccccc3cc21.c1ccc(-c2ccc3cccc(-c4c5ccccc5c(-c5ccc6c(c5)C5(c7ccccc7-c7ccccc75)c5ccccc5-6)c5ccccc45)c3c2)cc1. The molecule has 0 nitrogen and oxygen atoms in total. The zero-order valence-corrected chi connectivity index (χ0v) is 57.8. The molecule has 3 aliphatic carbocycles. The third-order valence-electron chi connectivity index (χ3n) is 23.5. The molecule has 0 aliphatic heterocycles. The van der Waals surface area contributed by atoms with Gasteiger partial charge >= 0.3 is 0 Å². The summed E-state index contributed by atoms with van der Waals surface area (Å²) in [7, 11) is 0. The summed E-state index contributed by atoms with van der Waals surface area (Å²) in [5.41, 5.74) is 31.0. The molecule has 19 aromatic carbocycles. The fourth-order valence-electron chi connectivity index (χ4n) is 18.9. The Hall–Kier alpha value is -13.0. The molecule has 484 valence electrons. The maximum absolute atomic E-state index is 2.53. The van der Waals surface area contributed by atoms with Gasteiger partial charge in [0, 0.05) is 5.41 Å². The molecule has 22 rings (SSSR count). The summed E-state index contributed by atoms with van der Waals surface area (Å²) in [6, 6.07) is 140. The standard InChI is InChI=1S/C55H34.C49H34/c1-2-15-35(16-3-1)37-30-29-36-17-14-25-47(48(36)33-37)54-45-23-6-4-21-43(45)53(44-22-5-7-24-46(44)54)38-31-32-42-41-20-10-13-28-51(41)55(52(42)34-38)49-26-11-8-18-39(49)40-19-9-12-27-50(40)55;1-49(2)45-30-36(25-26-37(45)44-28-33-15-6-7-16-34(33)29-46(44)49)47-38-18-8-10-20-40(38)48(41-21-11-9-19-39(41)47)42-22-12-17-32-23-24-35(27-43(32)42)31-13-4-3-5-14-31/h1-34H;3-30H,1-2H3. The Morgan fingerprint density at radius 3 is 0.894 bits per heavy atom. The van der Waals surface area contributed by atoms with Crippen LogP contribution in [0.15, 0.2) is 376 Å². The topological polar surface area (TPSA) is 0 Å². The molecule has 0 aromatic heterocycles. The second kappa shape index (κ2) is 23.3. The Kier molecular flexibility index (Phi) is 13.4. The highest BCUT2D eigenvalue weighted by Gasteiger charge is 2.51. The van der Waals surface area contributed by atoms with Crippen molar-refractivity contribution in [1.82, 2.24) is 0 Å². The van der Waals surface area contributed by atoms with E-state index >= 15 is 0 Å². The molecule has 0 fully saturated rings. The molecular formula is C104H68. The van der Waals surface area contributed by atoms with Gasteiger partial charge in [0.15, 0.2) is 0 Å². The molecule has 0 heterocycles.